The van der Waals surface area contributed by atoms with Gasteiger partial charge in [0.05, 0.1) is 23.7 Å². The van der Waals surface area contributed by atoms with Crippen molar-refractivity contribution >= 4 is 40.9 Å². The van der Waals surface area contributed by atoms with E-state index in [2.05, 4.69) is 5.32 Å². The van der Waals surface area contributed by atoms with Crippen molar-refractivity contribution in [2.75, 3.05) is 14.2 Å². The molecule has 0 atom stereocenters. The SMILES string of the molecule is COc1cc(/C=C2\C(=O)NC(=S)N(C)C2=O)c([N+](=O)[O-])cc1OCc1ccccc1. The Morgan fingerprint density at radius 1 is 1.20 bits per heavy atom. The Kier molecular flexibility index (Phi) is 6.07. The van der Waals surface area contributed by atoms with Gasteiger partial charge in [0, 0.05) is 7.05 Å². The van der Waals surface area contributed by atoms with Gasteiger partial charge in [-0.2, -0.15) is 0 Å². The number of methoxy groups -OCH3 is 1. The monoisotopic (exact) mass is 427 g/mol. The zero-order valence-corrected chi connectivity index (χ0v) is 16.9. The minimum Gasteiger partial charge on any atom is -0.493 e. The predicted molar refractivity (Wildman–Crippen MR) is 112 cm³/mol. The molecule has 0 radical (unpaired) electrons. The summed E-state index contributed by atoms with van der Waals surface area (Å²) >= 11 is 4.89. The van der Waals surface area contributed by atoms with E-state index in [0.717, 1.165) is 16.5 Å². The number of nitrogens with zero attached hydrogens (tertiary/aromatic N) is 2. The van der Waals surface area contributed by atoms with Crippen LogP contribution in [0.4, 0.5) is 5.69 Å². The molecule has 0 aliphatic carbocycles. The number of rotatable bonds is 6. The molecular weight excluding hydrogens is 410 g/mol. The maximum Gasteiger partial charge on any atom is 0.280 e. The van der Waals surface area contributed by atoms with Crippen LogP contribution in [-0.4, -0.2) is 40.9 Å². The maximum absolute atomic E-state index is 12.4. The molecule has 2 aromatic carbocycles. The van der Waals surface area contributed by atoms with Gasteiger partial charge in [-0.25, -0.2) is 0 Å². The molecule has 0 saturated carbocycles. The second-order valence-electron chi connectivity index (χ2n) is 6.27. The highest BCUT2D eigenvalue weighted by molar-refractivity contribution is 7.80. The van der Waals surface area contributed by atoms with E-state index < -0.39 is 16.7 Å². The van der Waals surface area contributed by atoms with Crippen LogP contribution in [0.3, 0.4) is 0 Å². The van der Waals surface area contributed by atoms with Gasteiger partial charge < -0.3 is 9.47 Å². The number of ether oxygens (including phenoxy) is 2. The molecule has 0 unspecified atom stereocenters. The van der Waals surface area contributed by atoms with Crippen molar-refractivity contribution in [3.05, 3.63) is 69.3 Å². The van der Waals surface area contributed by atoms with E-state index in [-0.39, 0.29) is 40.0 Å². The van der Waals surface area contributed by atoms with Gasteiger partial charge in [-0.15, -0.1) is 0 Å². The number of nitrogens with one attached hydrogen (secondary N) is 1. The summed E-state index contributed by atoms with van der Waals surface area (Å²) in [6.45, 7) is 0.178. The van der Waals surface area contributed by atoms with Crippen LogP contribution in [0.2, 0.25) is 0 Å². The molecule has 1 heterocycles. The molecule has 154 valence electrons. The number of hydrogen-bond acceptors (Lipinski definition) is 7. The molecule has 1 aliphatic heterocycles. The lowest BCUT2D eigenvalue weighted by Gasteiger charge is -2.25. The minimum absolute atomic E-state index is 0.0172. The molecule has 3 rings (SSSR count). The molecule has 0 bridgehead atoms. The summed E-state index contributed by atoms with van der Waals surface area (Å²) in [6, 6.07) is 11.8. The van der Waals surface area contributed by atoms with Gasteiger partial charge in [0.25, 0.3) is 17.5 Å². The van der Waals surface area contributed by atoms with Gasteiger partial charge in [0.1, 0.15) is 12.2 Å². The average molecular weight is 427 g/mol. The van der Waals surface area contributed by atoms with E-state index in [4.69, 9.17) is 21.7 Å². The van der Waals surface area contributed by atoms with Gasteiger partial charge >= 0.3 is 0 Å². The highest BCUT2D eigenvalue weighted by Gasteiger charge is 2.32. The lowest BCUT2D eigenvalue weighted by molar-refractivity contribution is -0.385. The van der Waals surface area contributed by atoms with Gasteiger partial charge in [-0.05, 0) is 29.9 Å². The number of nitro benzene ring substituents is 1. The highest BCUT2D eigenvalue weighted by Crippen LogP contribution is 2.36. The van der Waals surface area contributed by atoms with Crippen molar-refractivity contribution < 1.29 is 24.0 Å². The normalized spacial score (nSPS) is 15.2. The first-order valence-electron chi connectivity index (χ1n) is 8.70. The third-order valence-electron chi connectivity index (χ3n) is 4.35. The smallest absolute Gasteiger partial charge is 0.280 e. The fourth-order valence-electron chi connectivity index (χ4n) is 2.75. The van der Waals surface area contributed by atoms with E-state index in [1.54, 1.807) is 0 Å². The van der Waals surface area contributed by atoms with E-state index >= 15 is 0 Å². The summed E-state index contributed by atoms with van der Waals surface area (Å²) in [6.07, 6.45) is 1.14. The minimum atomic E-state index is -0.735. The fraction of sp³-hybridized carbons (Fsp3) is 0.150. The number of carbonyl (C=O) groups excluding carboxylic acids is 2. The number of thiocarbonyl (C=S) groups is 1. The summed E-state index contributed by atoms with van der Waals surface area (Å²) in [7, 11) is 2.78. The van der Waals surface area contributed by atoms with Crippen molar-refractivity contribution in [2.45, 2.75) is 6.61 Å². The Balaban J connectivity index is 2.01. The number of hydrogen-bond donors (Lipinski definition) is 1. The van der Waals surface area contributed by atoms with Gasteiger partial charge in [0.15, 0.2) is 16.6 Å². The Morgan fingerprint density at radius 3 is 2.53 bits per heavy atom. The van der Waals surface area contributed by atoms with E-state index in [1.807, 2.05) is 30.3 Å². The third kappa shape index (κ3) is 4.28. The second-order valence-corrected chi connectivity index (χ2v) is 6.66. The Labute approximate surface area is 177 Å². The first kappa shape index (κ1) is 20.9. The maximum atomic E-state index is 12.4. The Morgan fingerprint density at radius 2 is 1.90 bits per heavy atom. The lowest BCUT2D eigenvalue weighted by atomic mass is 10.1. The van der Waals surface area contributed by atoms with Crippen molar-refractivity contribution in [1.82, 2.24) is 10.2 Å². The first-order chi connectivity index (χ1) is 14.3. The van der Waals surface area contributed by atoms with Crippen LogP contribution in [0.5, 0.6) is 11.5 Å². The number of carbonyl (C=O) groups is 2. The summed E-state index contributed by atoms with van der Waals surface area (Å²) in [5, 5.41) is 13.9. The average Bonchev–Trinajstić information content (AvgIpc) is 2.74. The van der Waals surface area contributed by atoms with Crippen LogP contribution in [0, 0.1) is 10.1 Å². The molecular formula is C20H17N3O6S. The van der Waals surface area contributed by atoms with Gasteiger partial charge in [0.2, 0.25) is 0 Å². The fourth-order valence-corrected chi connectivity index (χ4v) is 2.92. The standard InChI is InChI=1S/C20H17N3O6S/c1-22-19(25)14(18(24)21-20(22)30)8-13-9-16(28-2)17(10-15(13)23(26)27)29-11-12-6-4-3-5-7-12/h3-10H,11H2,1-2H3,(H,21,24,30)/b14-8+. The molecule has 1 N–H and O–H groups in total. The van der Waals surface area contributed by atoms with Gasteiger partial charge in [-0.1, -0.05) is 30.3 Å². The Hall–Kier alpha value is -3.79. The van der Waals surface area contributed by atoms with Crippen LogP contribution in [0.15, 0.2) is 48.0 Å². The third-order valence-corrected chi connectivity index (χ3v) is 4.73. The number of nitro groups is 1. The number of amides is 2. The van der Waals surface area contributed by atoms with E-state index in [1.165, 1.54) is 26.3 Å². The van der Waals surface area contributed by atoms with Crippen molar-refractivity contribution in [3.63, 3.8) is 0 Å². The first-order valence-corrected chi connectivity index (χ1v) is 9.11. The predicted octanol–water partition coefficient (Wildman–Crippen LogP) is 2.44. The van der Waals surface area contributed by atoms with Crippen LogP contribution in [0.25, 0.3) is 6.08 Å². The van der Waals surface area contributed by atoms with Crippen LogP contribution in [-0.2, 0) is 16.2 Å². The topological polar surface area (TPSA) is 111 Å². The highest BCUT2D eigenvalue weighted by atomic mass is 32.1. The summed E-state index contributed by atoms with van der Waals surface area (Å²) in [5.74, 6) is -1.02. The Bertz CT molecular complexity index is 1070. The van der Waals surface area contributed by atoms with Crippen molar-refractivity contribution in [1.29, 1.82) is 0 Å². The van der Waals surface area contributed by atoms with Gasteiger partial charge in [-0.3, -0.25) is 29.9 Å². The lowest BCUT2D eigenvalue weighted by Crippen LogP contribution is -2.52. The zero-order chi connectivity index (χ0) is 21.8. The molecule has 9 nitrogen and oxygen atoms in total. The molecule has 1 aliphatic rings. The number of likely N-dealkylation sites (N-methyl/N-ethyl adjacent to an activating group) is 1. The van der Waals surface area contributed by atoms with Crippen molar-refractivity contribution in [2.24, 2.45) is 0 Å². The van der Waals surface area contributed by atoms with Crippen LogP contribution < -0.4 is 14.8 Å². The second kappa shape index (κ2) is 8.70. The summed E-state index contributed by atoms with van der Waals surface area (Å²) in [4.78, 5) is 36.7. The molecule has 0 spiro atoms. The van der Waals surface area contributed by atoms with E-state index in [9.17, 15) is 19.7 Å². The van der Waals surface area contributed by atoms with Crippen LogP contribution in [0.1, 0.15) is 11.1 Å². The van der Waals surface area contributed by atoms with Crippen molar-refractivity contribution in [3.8, 4) is 11.5 Å². The summed E-state index contributed by atoms with van der Waals surface area (Å²) < 4.78 is 11.0. The molecule has 10 heteroatoms. The summed E-state index contributed by atoms with van der Waals surface area (Å²) in [5.41, 5.74) is 0.262. The molecule has 30 heavy (non-hydrogen) atoms. The quantitative estimate of drug-likeness (QED) is 0.248. The molecule has 0 aromatic heterocycles. The molecule has 2 amide bonds. The molecule has 1 saturated heterocycles. The largest absolute Gasteiger partial charge is 0.493 e. The molecule has 1 fully saturated rings. The molecule has 2 aromatic rings. The van der Waals surface area contributed by atoms with E-state index in [0.29, 0.717) is 0 Å². The van der Waals surface area contributed by atoms with Crippen LogP contribution >= 0.6 is 12.2 Å². The zero-order valence-electron chi connectivity index (χ0n) is 16.1. The number of benzene rings is 2.